The highest BCUT2D eigenvalue weighted by Crippen LogP contribution is 2.40. The number of carbonyl (C=O) groups excluding carboxylic acids is 2. The van der Waals surface area contributed by atoms with Crippen LogP contribution in [0.4, 0.5) is 0 Å². The average molecular weight is 443 g/mol. The molecule has 2 aromatic rings. The molecule has 1 saturated heterocycles. The van der Waals surface area contributed by atoms with Crippen LogP contribution in [-0.2, 0) is 9.59 Å². The van der Waals surface area contributed by atoms with Crippen molar-refractivity contribution in [2.75, 3.05) is 34.3 Å². The number of benzene rings is 2. The van der Waals surface area contributed by atoms with Crippen LogP contribution in [0.2, 0.25) is 5.02 Å². The van der Waals surface area contributed by atoms with Crippen molar-refractivity contribution in [1.29, 1.82) is 0 Å². The van der Waals surface area contributed by atoms with Crippen molar-refractivity contribution in [3.63, 3.8) is 0 Å². The minimum atomic E-state index is -0.683. The molecule has 0 radical (unpaired) electrons. The first-order valence-corrected chi connectivity index (χ1v) is 10.5. The molecule has 0 spiro atoms. The summed E-state index contributed by atoms with van der Waals surface area (Å²) < 4.78 is 5.23. The standard InChI is InChI=1S/C24H27ClN2O4/c1-15-14-18(31-4)10-11-19(15)22(28)20-21(16-6-8-17(25)9-7-16)27(24(30)23(20)29)13-5-12-26(2)3/h6-11,14,21,28H,5,12-13H2,1-4H3/t21-/m0/s1. The second kappa shape index (κ2) is 9.54. The van der Waals surface area contributed by atoms with E-state index >= 15 is 0 Å². The quantitative estimate of drug-likeness (QED) is 0.398. The number of hydrogen-bond donors (Lipinski definition) is 1. The van der Waals surface area contributed by atoms with Gasteiger partial charge in [0, 0.05) is 17.1 Å². The predicted octanol–water partition coefficient (Wildman–Crippen LogP) is 4.03. The van der Waals surface area contributed by atoms with Crippen LogP contribution in [-0.4, -0.2) is 60.9 Å². The normalized spacial score (nSPS) is 18.1. The van der Waals surface area contributed by atoms with Gasteiger partial charge in [0.05, 0.1) is 18.7 Å². The zero-order valence-electron chi connectivity index (χ0n) is 18.2. The second-order valence-corrected chi connectivity index (χ2v) is 8.32. The van der Waals surface area contributed by atoms with Gasteiger partial charge in [0.15, 0.2) is 0 Å². The Hall–Kier alpha value is -2.83. The summed E-state index contributed by atoms with van der Waals surface area (Å²) in [6.45, 7) is 2.99. The Morgan fingerprint density at radius 3 is 2.42 bits per heavy atom. The third-order valence-corrected chi connectivity index (χ3v) is 5.67. The van der Waals surface area contributed by atoms with E-state index < -0.39 is 17.7 Å². The number of amides is 1. The summed E-state index contributed by atoms with van der Waals surface area (Å²) in [7, 11) is 5.47. The van der Waals surface area contributed by atoms with Crippen LogP contribution in [0.5, 0.6) is 5.75 Å². The predicted molar refractivity (Wildman–Crippen MR) is 121 cm³/mol. The van der Waals surface area contributed by atoms with Gasteiger partial charge in [-0.15, -0.1) is 0 Å². The fourth-order valence-electron chi connectivity index (χ4n) is 3.83. The maximum absolute atomic E-state index is 13.0. The fourth-order valence-corrected chi connectivity index (χ4v) is 3.96. The summed E-state index contributed by atoms with van der Waals surface area (Å²) in [6, 6.07) is 11.5. The first-order chi connectivity index (χ1) is 14.7. The molecule has 7 heteroatoms. The Bertz CT molecular complexity index is 1010. The number of aryl methyl sites for hydroxylation is 1. The number of Topliss-reactive ketones (excluding diaryl/α,β-unsaturated/α-hetero) is 1. The Morgan fingerprint density at radius 1 is 1.16 bits per heavy atom. The third kappa shape index (κ3) is 4.75. The largest absolute Gasteiger partial charge is 0.507 e. The maximum Gasteiger partial charge on any atom is 0.295 e. The molecule has 3 rings (SSSR count). The number of methoxy groups -OCH3 is 1. The van der Waals surface area contributed by atoms with Crippen LogP contribution in [0.1, 0.15) is 29.2 Å². The van der Waals surface area contributed by atoms with Gasteiger partial charge in [-0.3, -0.25) is 9.59 Å². The van der Waals surface area contributed by atoms with E-state index in [2.05, 4.69) is 0 Å². The van der Waals surface area contributed by atoms with Crippen molar-refractivity contribution in [1.82, 2.24) is 9.80 Å². The van der Waals surface area contributed by atoms with E-state index in [1.54, 1.807) is 54.5 Å². The van der Waals surface area contributed by atoms with E-state index in [0.29, 0.717) is 29.3 Å². The summed E-state index contributed by atoms with van der Waals surface area (Å²) in [5, 5.41) is 11.7. The number of carbonyl (C=O) groups is 2. The van der Waals surface area contributed by atoms with Crippen LogP contribution in [0.3, 0.4) is 0 Å². The van der Waals surface area contributed by atoms with Gasteiger partial charge in [-0.2, -0.15) is 0 Å². The van der Waals surface area contributed by atoms with Crippen LogP contribution >= 0.6 is 11.6 Å². The molecule has 1 amide bonds. The molecule has 0 bridgehead atoms. The number of likely N-dealkylation sites (tertiary alicyclic amines) is 1. The SMILES string of the molecule is COc1ccc(C(O)=C2C(=O)C(=O)N(CCCN(C)C)[C@H]2c2ccc(Cl)cc2)c(C)c1. The summed E-state index contributed by atoms with van der Waals surface area (Å²) in [5.74, 6) is -0.829. The topological polar surface area (TPSA) is 70.1 Å². The average Bonchev–Trinajstić information content (AvgIpc) is 2.98. The van der Waals surface area contributed by atoms with Crippen LogP contribution in [0.25, 0.3) is 5.76 Å². The van der Waals surface area contributed by atoms with Crippen molar-refractivity contribution in [2.45, 2.75) is 19.4 Å². The lowest BCUT2D eigenvalue weighted by atomic mass is 9.94. The number of hydrogen-bond acceptors (Lipinski definition) is 5. The lowest BCUT2D eigenvalue weighted by molar-refractivity contribution is -0.139. The van der Waals surface area contributed by atoms with Crippen molar-refractivity contribution in [2.24, 2.45) is 0 Å². The number of aliphatic hydroxyl groups is 1. The van der Waals surface area contributed by atoms with Gasteiger partial charge in [-0.25, -0.2) is 0 Å². The van der Waals surface area contributed by atoms with E-state index in [4.69, 9.17) is 16.3 Å². The molecule has 6 nitrogen and oxygen atoms in total. The second-order valence-electron chi connectivity index (χ2n) is 7.88. The van der Waals surface area contributed by atoms with Crippen LogP contribution in [0.15, 0.2) is 48.0 Å². The van der Waals surface area contributed by atoms with E-state index in [-0.39, 0.29) is 11.3 Å². The minimum Gasteiger partial charge on any atom is -0.507 e. The highest BCUT2D eigenvalue weighted by Gasteiger charge is 2.45. The van der Waals surface area contributed by atoms with Crippen LogP contribution in [0, 0.1) is 6.92 Å². The Labute approximate surface area is 187 Å². The number of ketones is 1. The minimum absolute atomic E-state index is 0.0884. The molecule has 0 aliphatic carbocycles. The van der Waals surface area contributed by atoms with Crippen molar-refractivity contribution in [3.8, 4) is 5.75 Å². The summed E-state index contributed by atoms with van der Waals surface area (Å²) in [6.07, 6.45) is 0.700. The number of ether oxygens (including phenoxy) is 1. The summed E-state index contributed by atoms with van der Waals surface area (Å²) in [4.78, 5) is 29.5. The van der Waals surface area contributed by atoms with E-state index in [1.165, 1.54) is 0 Å². The smallest absolute Gasteiger partial charge is 0.295 e. The molecule has 2 aromatic carbocycles. The maximum atomic E-state index is 13.0. The summed E-state index contributed by atoms with van der Waals surface area (Å²) >= 11 is 6.05. The molecule has 31 heavy (non-hydrogen) atoms. The van der Waals surface area contributed by atoms with Crippen molar-refractivity contribution in [3.05, 3.63) is 69.8 Å². The van der Waals surface area contributed by atoms with Gasteiger partial charge in [0.1, 0.15) is 11.5 Å². The summed E-state index contributed by atoms with van der Waals surface area (Å²) in [5.41, 5.74) is 2.04. The highest BCUT2D eigenvalue weighted by molar-refractivity contribution is 6.46. The Balaban J connectivity index is 2.11. The third-order valence-electron chi connectivity index (χ3n) is 5.42. The van der Waals surface area contributed by atoms with Gasteiger partial charge >= 0.3 is 0 Å². The van der Waals surface area contributed by atoms with Gasteiger partial charge in [0.2, 0.25) is 0 Å². The van der Waals surface area contributed by atoms with E-state index in [0.717, 1.165) is 17.7 Å². The number of halogens is 1. The highest BCUT2D eigenvalue weighted by atomic mass is 35.5. The number of rotatable bonds is 7. The van der Waals surface area contributed by atoms with E-state index in [9.17, 15) is 14.7 Å². The first-order valence-electron chi connectivity index (χ1n) is 10.1. The van der Waals surface area contributed by atoms with Gasteiger partial charge in [-0.1, -0.05) is 23.7 Å². The van der Waals surface area contributed by atoms with E-state index in [1.807, 2.05) is 25.9 Å². The molecule has 0 saturated carbocycles. The Morgan fingerprint density at radius 2 is 1.84 bits per heavy atom. The molecule has 1 aliphatic heterocycles. The zero-order valence-corrected chi connectivity index (χ0v) is 18.9. The number of aliphatic hydroxyl groups excluding tert-OH is 1. The van der Waals surface area contributed by atoms with Gasteiger partial charge in [-0.05, 0) is 75.4 Å². The van der Waals surface area contributed by atoms with Gasteiger partial charge in [0.25, 0.3) is 11.7 Å². The van der Waals surface area contributed by atoms with Crippen LogP contribution < -0.4 is 4.74 Å². The molecule has 0 unspecified atom stereocenters. The monoisotopic (exact) mass is 442 g/mol. The molecule has 1 N–H and O–H groups in total. The van der Waals surface area contributed by atoms with Crippen molar-refractivity contribution < 1.29 is 19.4 Å². The molecular formula is C24H27ClN2O4. The molecule has 1 fully saturated rings. The van der Waals surface area contributed by atoms with Crippen molar-refractivity contribution >= 4 is 29.1 Å². The first kappa shape index (κ1) is 22.8. The fraction of sp³-hybridized carbons (Fsp3) is 0.333. The molecule has 164 valence electrons. The molecule has 1 atom stereocenters. The lowest BCUT2D eigenvalue weighted by Crippen LogP contribution is -2.32. The molecule has 0 aromatic heterocycles. The molecule has 1 aliphatic rings. The lowest BCUT2D eigenvalue weighted by Gasteiger charge is -2.26. The molecule has 1 heterocycles. The Kier molecular flexibility index (Phi) is 7.03. The van der Waals surface area contributed by atoms with Gasteiger partial charge < -0.3 is 19.6 Å². The molecular weight excluding hydrogens is 416 g/mol. The zero-order chi connectivity index (χ0) is 22.7. The number of nitrogens with zero attached hydrogens (tertiary/aromatic N) is 2.